The van der Waals surface area contributed by atoms with Crippen LogP contribution in [0.3, 0.4) is 0 Å². The fourth-order valence-corrected chi connectivity index (χ4v) is 4.12. The molecular formula is C22H31NO3S. The summed E-state index contributed by atoms with van der Waals surface area (Å²) in [6.45, 7) is 10.4. The van der Waals surface area contributed by atoms with Gasteiger partial charge >= 0.3 is 5.97 Å². The first-order valence-corrected chi connectivity index (χ1v) is 10.6. The van der Waals surface area contributed by atoms with Gasteiger partial charge in [0.25, 0.3) is 0 Å². The lowest BCUT2D eigenvalue weighted by molar-refractivity contribution is -0.123. The predicted molar refractivity (Wildman–Crippen MR) is 111 cm³/mol. The Bertz CT molecular complexity index is 740. The first-order chi connectivity index (χ1) is 12.6. The Morgan fingerprint density at radius 2 is 1.89 bits per heavy atom. The molecule has 148 valence electrons. The third kappa shape index (κ3) is 5.84. The van der Waals surface area contributed by atoms with Gasteiger partial charge in [-0.05, 0) is 65.4 Å². The highest BCUT2D eigenvalue weighted by Gasteiger charge is 2.30. The standard InChI is InChI=1S/C22H31NO3S/c1-7-26-21(25)19-18(14-17(27-19)12-13-22(3,4)5)23(6)20(24)16-10-8-15(2)9-11-16/h14-16H,7-11H2,1-6H3. The van der Waals surface area contributed by atoms with E-state index in [4.69, 9.17) is 4.74 Å². The lowest BCUT2D eigenvalue weighted by atomic mass is 9.82. The monoisotopic (exact) mass is 389 g/mol. The Morgan fingerprint density at radius 3 is 2.44 bits per heavy atom. The third-order valence-corrected chi connectivity index (χ3v) is 5.81. The van der Waals surface area contributed by atoms with E-state index in [-0.39, 0.29) is 17.2 Å². The average molecular weight is 390 g/mol. The molecule has 5 heteroatoms. The second-order valence-electron chi connectivity index (χ2n) is 8.40. The van der Waals surface area contributed by atoms with Crippen LogP contribution in [0, 0.1) is 29.1 Å². The molecule has 0 aliphatic heterocycles. The summed E-state index contributed by atoms with van der Waals surface area (Å²) in [4.78, 5) is 28.3. The molecule has 0 aromatic carbocycles. The molecule has 1 saturated carbocycles. The number of carbonyl (C=O) groups is 2. The van der Waals surface area contributed by atoms with Crippen molar-refractivity contribution in [2.75, 3.05) is 18.6 Å². The van der Waals surface area contributed by atoms with Gasteiger partial charge in [0.05, 0.1) is 17.2 Å². The number of amides is 1. The molecule has 0 radical (unpaired) electrons. The summed E-state index contributed by atoms with van der Waals surface area (Å²) < 4.78 is 5.20. The zero-order chi connectivity index (χ0) is 20.2. The van der Waals surface area contributed by atoms with Crippen LogP contribution in [0.25, 0.3) is 0 Å². The van der Waals surface area contributed by atoms with Crippen molar-refractivity contribution in [2.24, 2.45) is 17.3 Å². The summed E-state index contributed by atoms with van der Waals surface area (Å²) in [7, 11) is 1.76. The van der Waals surface area contributed by atoms with Crippen LogP contribution in [0.1, 0.15) is 74.9 Å². The summed E-state index contributed by atoms with van der Waals surface area (Å²) in [5, 5.41) is 0. The Morgan fingerprint density at radius 1 is 1.26 bits per heavy atom. The van der Waals surface area contributed by atoms with Crippen molar-refractivity contribution >= 4 is 28.9 Å². The number of thiophene rings is 1. The molecule has 4 nitrogen and oxygen atoms in total. The number of esters is 1. The van der Waals surface area contributed by atoms with E-state index in [1.807, 2.05) is 26.8 Å². The molecule has 1 aromatic rings. The maximum atomic E-state index is 13.0. The van der Waals surface area contributed by atoms with E-state index in [9.17, 15) is 9.59 Å². The van der Waals surface area contributed by atoms with Gasteiger partial charge in [-0.15, -0.1) is 11.3 Å². The summed E-state index contributed by atoms with van der Waals surface area (Å²) in [6.07, 6.45) is 4.00. The van der Waals surface area contributed by atoms with Gasteiger partial charge < -0.3 is 9.64 Å². The summed E-state index contributed by atoms with van der Waals surface area (Å²) >= 11 is 1.30. The zero-order valence-electron chi connectivity index (χ0n) is 17.3. The minimum absolute atomic E-state index is 0.0326. The third-order valence-electron chi connectivity index (χ3n) is 4.79. The van der Waals surface area contributed by atoms with Gasteiger partial charge in [0.15, 0.2) is 0 Å². The van der Waals surface area contributed by atoms with Crippen molar-refractivity contribution in [1.82, 2.24) is 0 Å². The number of hydrogen-bond acceptors (Lipinski definition) is 4. The van der Waals surface area contributed by atoms with Crippen LogP contribution in [-0.2, 0) is 9.53 Å². The molecule has 2 rings (SSSR count). The Hall–Kier alpha value is -1.80. The van der Waals surface area contributed by atoms with Crippen LogP contribution < -0.4 is 4.90 Å². The van der Waals surface area contributed by atoms with Gasteiger partial charge in [-0.1, -0.05) is 18.8 Å². The van der Waals surface area contributed by atoms with E-state index in [1.165, 1.54) is 11.3 Å². The van der Waals surface area contributed by atoms with Crippen molar-refractivity contribution in [1.29, 1.82) is 0 Å². The van der Waals surface area contributed by atoms with Crippen molar-refractivity contribution < 1.29 is 14.3 Å². The van der Waals surface area contributed by atoms with Crippen LogP contribution in [0.4, 0.5) is 5.69 Å². The molecular weight excluding hydrogens is 358 g/mol. The molecule has 1 aromatic heterocycles. The van der Waals surface area contributed by atoms with Crippen LogP contribution in [0.15, 0.2) is 6.07 Å². The Labute approximate surface area is 167 Å². The normalized spacial score (nSPS) is 19.8. The van der Waals surface area contributed by atoms with Gasteiger partial charge in [0.1, 0.15) is 4.88 Å². The average Bonchev–Trinajstić information content (AvgIpc) is 3.03. The van der Waals surface area contributed by atoms with Gasteiger partial charge in [-0.2, -0.15) is 0 Å². The molecule has 0 N–H and O–H groups in total. The van der Waals surface area contributed by atoms with Crippen molar-refractivity contribution in [3.63, 3.8) is 0 Å². The van der Waals surface area contributed by atoms with E-state index in [0.29, 0.717) is 23.1 Å². The van der Waals surface area contributed by atoms with E-state index in [1.54, 1.807) is 18.9 Å². The first kappa shape index (κ1) is 21.5. The van der Waals surface area contributed by atoms with Crippen LogP contribution in [0.2, 0.25) is 0 Å². The molecule has 1 fully saturated rings. The predicted octanol–water partition coefficient (Wildman–Crippen LogP) is 5.11. The molecule has 1 amide bonds. The first-order valence-electron chi connectivity index (χ1n) is 9.74. The second kappa shape index (κ2) is 8.93. The minimum Gasteiger partial charge on any atom is -0.462 e. The maximum absolute atomic E-state index is 13.0. The molecule has 0 saturated heterocycles. The smallest absolute Gasteiger partial charge is 0.350 e. The molecule has 0 spiro atoms. The van der Waals surface area contributed by atoms with E-state index < -0.39 is 5.97 Å². The summed E-state index contributed by atoms with van der Waals surface area (Å²) in [5.41, 5.74) is 0.481. The zero-order valence-corrected chi connectivity index (χ0v) is 18.2. The fourth-order valence-electron chi connectivity index (χ4n) is 3.18. The quantitative estimate of drug-likeness (QED) is 0.531. The topological polar surface area (TPSA) is 46.6 Å². The number of hydrogen-bond donors (Lipinski definition) is 0. The van der Waals surface area contributed by atoms with Gasteiger partial charge in [0, 0.05) is 18.4 Å². The van der Waals surface area contributed by atoms with Crippen molar-refractivity contribution in [3.8, 4) is 11.8 Å². The van der Waals surface area contributed by atoms with Gasteiger partial charge in [-0.3, -0.25) is 4.79 Å². The Balaban J connectivity index is 2.31. The number of ether oxygens (including phenoxy) is 1. The number of carbonyl (C=O) groups excluding carboxylic acids is 2. The van der Waals surface area contributed by atoms with Gasteiger partial charge in [-0.25, -0.2) is 4.79 Å². The molecule has 1 aliphatic carbocycles. The second-order valence-corrected chi connectivity index (χ2v) is 9.45. The largest absolute Gasteiger partial charge is 0.462 e. The van der Waals surface area contributed by atoms with E-state index in [0.717, 1.165) is 30.6 Å². The molecule has 0 unspecified atom stereocenters. The maximum Gasteiger partial charge on any atom is 0.350 e. The molecule has 1 heterocycles. The molecule has 27 heavy (non-hydrogen) atoms. The Kier molecular flexibility index (Phi) is 7.11. The highest BCUT2D eigenvalue weighted by Crippen LogP contribution is 2.34. The minimum atomic E-state index is -0.391. The molecule has 0 atom stereocenters. The highest BCUT2D eigenvalue weighted by atomic mass is 32.1. The number of rotatable bonds is 4. The van der Waals surface area contributed by atoms with Crippen LogP contribution in [0.5, 0.6) is 0 Å². The van der Waals surface area contributed by atoms with Crippen molar-refractivity contribution in [3.05, 3.63) is 15.8 Å². The number of anilines is 1. The van der Waals surface area contributed by atoms with Crippen LogP contribution in [-0.4, -0.2) is 25.5 Å². The van der Waals surface area contributed by atoms with E-state index >= 15 is 0 Å². The molecule has 1 aliphatic rings. The lowest BCUT2D eigenvalue weighted by Gasteiger charge is -2.29. The number of nitrogens with zero attached hydrogens (tertiary/aromatic N) is 1. The van der Waals surface area contributed by atoms with Gasteiger partial charge in [0.2, 0.25) is 5.91 Å². The highest BCUT2D eigenvalue weighted by molar-refractivity contribution is 7.15. The summed E-state index contributed by atoms with van der Waals surface area (Å²) in [5.74, 6) is 6.75. The van der Waals surface area contributed by atoms with Crippen molar-refractivity contribution in [2.45, 2.75) is 60.3 Å². The summed E-state index contributed by atoms with van der Waals surface area (Å²) in [6, 6.07) is 1.85. The SMILES string of the molecule is CCOC(=O)c1sc(C#CC(C)(C)C)cc1N(C)C(=O)C1CCC(C)CC1. The fraction of sp³-hybridized carbons (Fsp3) is 0.636. The molecule has 0 bridgehead atoms. The lowest BCUT2D eigenvalue weighted by Crippen LogP contribution is -2.35. The van der Waals surface area contributed by atoms with E-state index in [2.05, 4.69) is 18.8 Å². The van der Waals surface area contributed by atoms with Crippen LogP contribution >= 0.6 is 11.3 Å².